The number of hydrogen-bond donors (Lipinski definition) is 0. The molecule has 0 spiro atoms. The van der Waals surface area contributed by atoms with Crippen LogP contribution in [0, 0.1) is 0 Å². The van der Waals surface area contributed by atoms with Gasteiger partial charge in [-0.2, -0.15) is 0 Å². The molecule has 4 rings (SSSR count). The van der Waals surface area contributed by atoms with E-state index in [1.165, 1.54) is 24.3 Å². The Morgan fingerprint density at radius 2 is 0.897 bits per heavy atom. The number of benzene rings is 2. The standard InChI is InChI=1S/2C9H4O5.Cu/c2*10-7(11)4-1-2-5-6(3-4)9(13)14-8(5)12;/h2*1-3H,(H,10,11);/q;;+2/p-2. The zero-order valence-corrected chi connectivity index (χ0v) is 14.8. The molecule has 1 radical (unpaired) electrons. The third kappa shape index (κ3) is 4.05. The van der Waals surface area contributed by atoms with Crippen molar-refractivity contribution >= 4 is 35.8 Å². The van der Waals surface area contributed by atoms with Crippen LogP contribution in [0.3, 0.4) is 0 Å². The Morgan fingerprint density at radius 1 is 0.586 bits per heavy atom. The van der Waals surface area contributed by atoms with E-state index < -0.39 is 35.8 Å². The Kier molecular flexibility index (Phi) is 5.96. The Morgan fingerprint density at radius 3 is 1.21 bits per heavy atom. The molecular weight excluding hydrogens is 440 g/mol. The molecule has 0 aromatic heterocycles. The predicted octanol–water partition coefficient (Wildman–Crippen LogP) is -1.28. The predicted molar refractivity (Wildman–Crippen MR) is 81.0 cm³/mol. The Bertz CT molecular complexity index is 1010. The molecule has 2 aliphatic rings. The number of carbonyl (C=O) groups excluding carboxylic acids is 6. The average Bonchev–Trinajstić information content (AvgIpc) is 3.10. The molecule has 29 heavy (non-hydrogen) atoms. The van der Waals surface area contributed by atoms with Gasteiger partial charge in [-0.15, -0.1) is 0 Å². The summed E-state index contributed by atoms with van der Waals surface area (Å²) in [4.78, 5) is 64.8. The van der Waals surface area contributed by atoms with Crippen molar-refractivity contribution < 1.29 is 65.5 Å². The zero-order chi connectivity index (χ0) is 20.6. The van der Waals surface area contributed by atoms with Crippen LogP contribution < -0.4 is 10.2 Å². The van der Waals surface area contributed by atoms with Gasteiger partial charge in [0.15, 0.2) is 0 Å². The van der Waals surface area contributed by atoms with Crippen LogP contribution >= 0.6 is 0 Å². The number of carbonyl (C=O) groups is 6. The van der Waals surface area contributed by atoms with Gasteiger partial charge < -0.3 is 29.3 Å². The Hall–Kier alpha value is -3.82. The molecular formula is C18H6CuO10. The summed E-state index contributed by atoms with van der Waals surface area (Å²) in [6, 6.07) is 6.97. The van der Waals surface area contributed by atoms with Gasteiger partial charge in [-0.25, -0.2) is 19.2 Å². The molecule has 0 atom stereocenters. The van der Waals surface area contributed by atoms with Crippen molar-refractivity contribution in [1.29, 1.82) is 0 Å². The molecule has 10 nitrogen and oxygen atoms in total. The second-order valence-electron chi connectivity index (χ2n) is 5.45. The summed E-state index contributed by atoms with van der Waals surface area (Å²) in [5, 5.41) is 20.9. The second kappa shape index (κ2) is 8.05. The van der Waals surface area contributed by atoms with Gasteiger partial charge in [0.1, 0.15) is 0 Å². The number of hydrogen-bond acceptors (Lipinski definition) is 10. The minimum Gasteiger partial charge on any atom is -0.545 e. The van der Waals surface area contributed by atoms with Gasteiger partial charge in [0.2, 0.25) is 0 Å². The summed E-state index contributed by atoms with van der Waals surface area (Å²) in [5.74, 6) is -5.97. The maximum absolute atomic E-state index is 11.0. The third-order valence-corrected chi connectivity index (χ3v) is 3.76. The fourth-order valence-electron chi connectivity index (χ4n) is 2.42. The molecule has 2 aromatic rings. The largest absolute Gasteiger partial charge is 2.00 e. The van der Waals surface area contributed by atoms with Crippen LogP contribution in [0.1, 0.15) is 62.1 Å². The molecule has 0 saturated carbocycles. The molecule has 0 N–H and O–H groups in total. The van der Waals surface area contributed by atoms with E-state index in [0.29, 0.717) is 0 Å². The number of carboxylic acid groups (broad SMARTS) is 2. The van der Waals surface area contributed by atoms with Crippen LogP contribution in [0.4, 0.5) is 0 Å². The van der Waals surface area contributed by atoms with E-state index in [1.807, 2.05) is 0 Å². The normalized spacial score (nSPS) is 13.2. The average molecular weight is 446 g/mol. The summed E-state index contributed by atoms with van der Waals surface area (Å²) in [6.45, 7) is 0. The number of esters is 4. The van der Waals surface area contributed by atoms with E-state index in [4.69, 9.17) is 0 Å². The van der Waals surface area contributed by atoms with E-state index in [0.717, 1.165) is 12.1 Å². The first-order valence-corrected chi connectivity index (χ1v) is 7.43. The van der Waals surface area contributed by atoms with Crippen LogP contribution in [-0.4, -0.2) is 35.8 Å². The molecule has 149 valence electrons. The number of rotatable bonds is 2. The fraction of sp³-hybridized carbons (Fsp3) is 0. The van der Waals surface area contributed by atoms with Crippen molar-refractivity contribution in [1.82, 2.24) is 0 Å². The molecule has 0 fully saturated rings. The van der Waals surface area contributed by atoms with Gasteiger partial charge in [-0.05, 0) is 35.4 Å². The Balaban J connectivity index is 0.000000200. The molecule has 2 aliphatic heterocycles. The van der Waals surface area contributed by atoms with Gasteiger partial charge in [-0.1, -0.05) is 12.1 Å². The minimum absolute atomic E-state index is 0. The first-order chi connectivity index (χ1) is 13.2. The smallest absolute Gasteiger partial charge is 0.545 e. The van der Waals surface area contributed by atoms with Gasteiger partial charge in [0.25, 0.3) is 0 Å². The van der Waals surface area contributed by atoms with Crippen LogP contribution in [0.5, 0.6) is 0 Å². The summed E-state index contributed by atoms with van der Waals surface area (Å²) in [5.41, 5.74) is -0.209. The van der Waals surface area contributed by atoms with Gasteiger partial charge in [0.05, 0.1) is 34.2 Å². The van der Waals surface area contributed by atoms with Crippen LogP contribution in [-0.2, 0) is 26.5 Å². The van der Waals surface area contributed by atoms with Crippen molar-refractivity contribution in [2.45, 2.75) is 0 Å². The minimum atomic E-state index is -1.40. The first-order valence-electron chi connectivity index (χ1n) is 7.43. The number of aromatic carboxylic acids is 2. The summed E-state index contributed by atoms with van der Waals surface area (Å²) >= 11 is 0. The maximum Gasteiger partial charge on any atom is 2.00 e. The monoisotopic (exact) mass is 445 g/mol. The summed E-state index contributed by atoms with van der Waals surface area (Å²) in [6.07, 6.45) is 0. The number of ether oxygens (including phenoxy) is 2. The van der Waals surface area contributed by atoms with Crippen LogP contribution in [0.2, 0.25) is 0 Å². The van der Waals surface area contributed by atoms with Crippen LogP contribution in [0.25, 0.3) is 0 Å². The zero-order valence-electron chi connectivity index (χ0n) is 13.8. The molecule has 0 unspecified atom stereocenters. The molecule has 0 amide bonds. The summed E-state index contributed by atoms with van der Waals surface area (Å²) < 4.78 is 8.55. The first kappa shape index (κ1) is 21.5. The molecule has 2 heterocycles. The van der Waals surface area contributed by atoms with Gasteiger partial charge in [0, 0.05) is 0 Å². The van der Waals surface area contributed by atoms with E-state index in [1.54, 1.807) is 0 Å². The van der Waals surface area contributed by atoms with Crippen LogP contribution in [0.15, 0.2) is 36.4 Å². The van der Waals surface area contributed by atoms with E-state index in [2.05, 4.69) is 9.47 Å². The molecule has 0 saturated heterocycles. The van der Waals surface area contributed by atoms with Crippen molar-refractivity contribution in [3.8, 4) is 0 Å². The molecule has 0 aliphatic carbocycles. The fourth-order valence-corrected chi connectivity index (χ4v) is 2.42. The Labute approximate surface area is 171 Å². The topological polar surface area (TPSA) is 167 Å². The quantitative estimate of drug-likeness (QED) is 0.308. The van der Waals surface area contributed by atoms with E-state index >= 15 is 0 Å². The number of fused-ring (bicyclic) bond motifs is 2. The van der Waals surface area contributed by atoms with E-state index in [-0.39, 0.29) is 50.4 Å². The molecule has 11 heteroatoms. The number of cyclic esters (lactones) is 4. The molecule has 2 aromatic carbocycles. The summed E-state index contributed by atoms with van der Waals surface area (Å²) in [7, 11) is 0. The van der Waals surface area contributed by atoms with E-state index in [9.17, 15) is 39.0 Å². The van der Waals surface area contributed by atoms with Crippen molar-refractivity contribution in [3.63, 3.8) is 0 Å². The van der Waals surface area contributed by atoms with Crippen molar-refractivity contribution in [2.75, 3.05) is 0 Å². The van der Waals surface area contributed by atoms with Crippen molar-refractivity contribution in [3.05, 3.63) is 69.8 Å². The maximum atomic E-state index is 11.0. The second-order valence-corrected chi connectivity index (χ2v) is 5.45. The van der Waals surface area contributed by atoms with Gasteiger partial charge >= 0.3 is 40.9 Å². The number of carboxylic acids is 2. The SMILES string of the molecule is O=C([O-])c1ccc2c(c1)C(=O)OC2=O.O=C([O-])c1ccc2c(c1)C(=O)OC2=O.[Cu+2]. The third-order valence-electron chi connectivity index (χ3n) is 3.76. The van der Waals surface area contributed by atoms with Crippen molar-refractivity contribution in [2.24, 2.45) is 0 Å². The van der Waals surface area contributed by atoms with Gasteiger partial charge in [-0.3, -0.25) is 0 Å². The molecule has 0 bridgehead atoms.